The quantitative estimate of drug-likeness (QED) is 0.844. The minimum Gasteiger partial charge on any atom is -0.322 e. The molecule has 0 fully saturated rings. The van der Waals surface area contributed by atoms with Crippen molar-refractivity contribution in [2.75, 3.05) is 11.9 Å². The second-order valence-corrected chi connectivity index (χ2v) is 6.21. The summed E-state index contributed by atoms with van der Waals surface area (Å²) in [6.45, 7) is 1.79. The maximum absolute atomic E-state index is 12.4. The smallest absolute Gasteiger partial charge is 0.255 e. The van der Waals surface area contributed by atoms with Gasteiger partial charge in [-0.2, -0.15) is 0 Å². The summed E-state index contributed by atoms with van der Waals surface area (Å²) in [5.41, 5.74) is 3.94. The number of anilines is 1. The van der Waals surface area contributed by atoms with Gasteiger partial charge in [0.25, 0.3) is 5.91 Å². The molecule has 0 aromatic heterocycles. The van der Waals surface area contributed by atoms with E-state index in [4.69, 9.17) is 11.6 Å². The average molecular weight is 366 g/mol. The first kappa shape index (κ1) is 14.6. The molecule has 1 heterocycles. The summed E-state index contributed by atoms with van der Waals surface area (Å²) in [5.74, 6) is -0.126. The molecule has 2 N–H and O–H groups in total. The molecule has 0 bridgehead atoms. The molecule has 0 saturated carbocycles. The highest BCUT2D eigenvalue weighted by Crippen LogP contribution is 2.26. The van der Waals surface area contributed by atoms with Crippen LogP contribution in [0.1, 0.15) is 21.5 Å². The Morgan fingerprint density at radius 1 is 1.29 bits per heavy atom. The van der Waals surface area contributed by atoms with E-state index in [1.165, 1.54) is 11.1 Å². The van der Waals surface area contributed by atoms with Gasteiger partial charge in [0, 0.05) is 22.3 Å². The number of benzene rings is 2. The molecule has 1 aliphatic heterocycles. The number of carbonyl (C=O) groups excluding carboxylic acids is 1. The zero-order valence-corrected chi connectivity index (χ0v) is 13.6. The first-order chi connectivity index (χ1) is 10.1. The van der Waals surface area contributed by atoms with Crippen LogP contribution in [-0.2, 0) is 13.0 Å². The molecule has 1 aliphatic rings. The van der Waals surface area contributed by atoms with Crippen LogP contribution in [0.3, 0.4) is 0 Å². The molecule has 0 radical (unpaired) electrons. The van der Waals surface area contributed by atoms with Crippen LogP contribution in [0, 0.1) is 0 Å². The molecule has 3 nitrogen and oxygen atoms in total. The number of amides is 1. The molecule has 3 rings (SSSR count). The Morgan fingerprint density at radius 3 is 2.95 bits per heavy atom. The molecule has 21 heavy (non-hydrogen) atoms. The van der Waals surface area contributed by atoms with Crippen molar-refractivity contribution >= 4 is 39.1 Å². The van der Waals surface area contributed by atoms with Gasteiger partial charge in [0.1, 0.15) is 0 Å². The fraction of sp³-hybridized carbons (Fsp3) is 0.188. The largest absolute Gasteiger partial charge is 0.322 e. The first-order valence-corrected chi connectivity index (χ1v) is 7.90. The zero-order chi connectivity index (χ0) is 14.8. The lowest BCUT2D eigenvalue weighted by Crippen LogP contribution is -2.25. The molecule has 0 aliphatic carbocycles. The zero-order valence-electron chi connectivity index (χ0n) is 11.2. The standard InChI is InChI=1S/C16H14BrClN2O/c17-13-8-10(4-5-14(13)18)16(21)20-15-3-1-2-11-9-19-7-6-12(11)15/h1-5,8,19H,6-7,9H2,(H,20,21). The van der Waals surface area contributed by atoms with Gasteiger partial charge in [0.2, 0.25) is 0 Å². The molecule has 2 aromatic rings. The Hall–Kier alpha value is -1.36. The summed E-state index contributed by atoms with van der Waals surface area (Å²) in [5, 5.41) is 6.93. The van der Waals surface area contributed by atoms with Gasteiger partial charge in [0.15, 0.2) is 0 Å². The third-order valence-corrected chi connectivity index (χ3v) is 4.78. The van der Waals surface area contributed by atoms with Crippen molar-refractivity contribution in [2.24, 2.45) is 0 Å². The Labute approximate surface area is 136 Å². The highest BCUT2D eigenvalue weighted by Gasteiger charge is 2.15. The van der Waals surface area contributed by atoms with Crippen LogP contribution in [0.4, 0.5) is 5.69 Å². The minimum atomic E-state index is -0.126. The van der Waals surface area contributed by atoms with E-state index >= 15 is 0 Å². The van der Waals surface area contributed by atoms with E-state index in [1.807, 2.05) is 12.1 Å². The van der Waals surface area contributed by atoms with Crippen LogP contribution in [0.25, 0.3) is 0 Å². The van der Waals surface area contributed by atoms with Crippen LogP contribution < -0.4 is 10.6 Å². The molecule has 5 heteroatoms. The van der Waals surface area contributed by atoms with E-state index in [0.29, 0.717) is 10.6 Å². The normalized spacial score (nSPS) is 13.6. The van der Waals surface area contributed by atoms with E-state index in [0.717, 1.165) is 29.7 Å². The van der Waals surface area contributed by atoms with Crippen molar-refractivity contribution in [3.8, 4) is 0 Å². The number of halogens is 2. The Balaban J connectivity index is 1.86. The summed E-state index contributed by atoms with van der Waals surface area (Å²) < 4.78 is 0.719. The highest BCUT2D eigenvalue weighted by molar-refractivity contribution is 9.10. The Kier molecular flexibility index (Phi) is 4.29. The van der Waals surface area contributed by atoms with Gasteiger partial charge < -0.3 is 10.6 Å². The summed E-state index contributed by atoms with van der Waals surface area (Å²) in [6.07, 6.45) is 0.927. The lowest BCUT2D eigenvalue weighted by molar-refractivity contribution is 0.102. The van der Waals surface area contributed by atoms with Gasteiger partial charge in [-0.25, -0.2) is 0 Å². The lowest BCUT2D eigenvalue weighted by atomic mass is 9.99. The van der Waals surface area contributed by atoms with Crippen LogP contribution >= 0.6 is 27.5 Å². The van der Waals surface area contributed by atoms with E-state index in [2.05, 4.69) is 32.6 Å². The second kappa shape index (κ2) is 6.18. The van der Waals surface area contributed by atoms with Crippen molar-refractivity contribution in [1.29, 1.82) is 0 Å². The minimum absolute atomic E-state index is 0.126. The number of nitrogens with one attached hydrogen (secondary N) is 2. The fourth-order valence-corrected chi connectivity index (χ4v) is 2.98. The van der Waals surface area contributed by atoms with E-state index in [-0.39, 0.29) is 5.91 Å². The van der Waals surface area contributed by atoms with Crippen LogP contribution in [-0.4, -0.2) is 12.5 Å². The van der Waals surface area contributed by atoms with E-state index in [1.54, 1.807) is 18.2 Å². The maximum atomic E-state index is 12.4. The highest BCUT2D eigenvalue weighted by atomic mass is 79.9. The molecule has 1 amide bonds. The van der Waals surface area contributed by atoms with Crippen molar-refractivity contribution < 1.29 is 4.79 Å². The van der Waals surface area contributed by atoms with Gasteiger partial charge >= 0.3 is 0 Å². The monoisotopic (exact) mass is 364 g/mol. The molecular weight excluding hydrogens is 352 g/mol. The predicted molar refractivity (Wildman–Crippen MR) is 89.0 cm³/mol. The lowest BCUT2D eigenvalue weighted by Gasteiger charge is -2.20. The van der Waals surface area contributed by atoms with Crippen molar-refractivity contribution in [3.63, 3.8) is 0 Å². The van der Waals surface area contributed by atoms with Gasteiger partial charge in [-0.15, -0.1) is 0 Å². The van der Waals surface area contributed by atoms with Crippen molar-refractivity contribution in [1.82, 2.24) is 5.32 Å². The molecular formula is C16H14BrClN2O. The molecule has 0 unspecified atom stereocenters. The molecule has 0 spiro atoms. The van der Waals surface area contributed by atoms with Crippen LogP contribution in [0.15, 0.2) is 40.9 Å². The van der Waals surface area contributed by atoms with Gasteiger partial charge in [-0.3, -0.25) is 4.79 Å². The molecule has 0 saturated heterocycles. The fourth-order valence-electron chi connectivity index (χ4n) is 2.48. The number of rotatable bonds is 2. The van der Waals surface area contributed by atoms with Gasteiger partial charge in [-0.05, 0) is 64.3 Å². The molecule has 108 valence electrons. The average Bonchev–Trinajstić information content (AvgIpc) is 2.50. The SMILES string of the molecule is O=C(Nc1cccc2c1CCNC2)c1ccc(Cl)c(Br)c1. The first-order valence-electron chi connectivity index (χ1n) is 6.73. The van der Waals surface area contributed by atoms with Crippen molar-refractivity contribution in [2.45, 2.75) is 13.0 Å². The van der Waals surface area contributed by atoms with Gasteiger partial charge in [0.05, 0.1) is 5.02 Å². The Bertz CT molecular complexity index is 703. The third-order valence-electron chi connectivity index (χ3n) is 3.57. The predicted octanol–water partition coefficient (Wildman–Crippen LogP) is 4.00. The number of hydrogen-bond acceptors (Lipinski definition) is 2. The van der Waals surface area contributed by atoms with E-state index < -0.39 is 0 Å². The summed E-state index contributed by atoms with van der Waals surface area (Å²) in [6, 6.07) is 11.2. The Morgan fingerprint density at radius 2 is 2.14 bits per heavy atom. The third kappa shape index (κ3) is 3.12. The summed E-state index contributed by atoms with van der Waals surface area (Å²) >= 11 is 9.29. The van der Waals surface area contributed by atoms with Gasteiger partial charge in [-0.1, -0.05) is 23.7 Å². The van der Waals surface area contributed by atoms with Crippen molar-refractivity contribution in [3.05, 3.63) is 62.6 Å². The number of fused-ring (bicyclic) bond motifs is 1. The van der Waals surface area contributed by atoms with Crippen LogP contribution in [0.2, 0.25) is 5.02 Å². The van der Waals surface area contributed by atoms with Crippen LogP contribution in [0.5, 0.6) is 0 Å². The molecule has 0 atom stereocenters. The topological polar surface area (TPSA) is 41.1 Å². The number of hydrogen-bond donors (Lipinski definition) is 2. The number of carbonyl (C=O) groups is 1. The summed E-state index contributed by atoms with van der Waals surface area (Å²) in [4.78, 5) is 12.4. The molecule has 2 aromatic carbocycles. The maximum Gasteiger partial charge on any atom is 0.255 e. The second-order valence-electron chi connectivity index (χ2n) is 4.95. The van der Waals surface area contributed by atoms with E-state index in [9.17, 15) is 4.79 Å². The summed E-state index contributed by atoms with van der Waals surface area (Å²) in [7, 11) is 0.